The molecule has 1 N–H and O–H groups in total. The highest BCUT2D eigenvalue weighted by atomic mass is 16.5. The van der Waals surface area contributed by atoms with E-state index in [2.05, 4.69) is 15.3 Å². The van der Waals surface area contributed by atoms with Crippen molar-refractivity contribution in [2.24, 2.45) is 0 Å². The predicted octanol–water partition coefficient (Wildman–Crippen LogP) is 2.31. The van der Waals surface area contributed by atoms with E-state index in [-0.39, 0.29) is 12.2 Å². The van der Waals surface area contributed by atoms with Gasteiger partial charge in [0, 0.05) is 0 Å². The van der Waals surface area contributed by atoms with Crippen molar-refractivity contribution in [2.75, 3.05) is 7.11 Å². The van der Waals surface area contributed by atoms with Gasteiger partial charge in [-0.15, -0.1) is 5.10 Å². The molecule has 8 nitrogen and oxygen atoms in total. The topological polar surface area (TPSA) is 103 Å². The lowest BCUT2D eigenvalue weighted by molar-refractivity contribution is 0.0689. The van der Waals surface area contributed by atoms with E-state index < -0.39 is 5.97 Å². The normalized spacial score (nSPS) is 10.8. The van der Waals surface area contributed by atoms with E-state index in [1.165, 1.54) is 4.68 Å². The van der Waals surface area contributed by atoms with Crippen LogP contribution in [0.4, 0.5) is 0 Å². The molecule has 1 aromatic carbocycles. The highest BCUT2D eigenvalue weighted by Crippen LogP contribution is 2.30. The van der Waals surface area contributed by atoms with E-state index in [1.54, 1.807) is 21.0 Å². The average molecular weight is 328 g/mol. The maximum Gasteiger partial charge on any atom is 0.358 e. The fraction of sp³-hybridized carbons (Fsp3) is 0.250. The van der Waals surface area contributed by atoms with E-state index >= 15 is 0 Å². The SMILES string of the molecule is COc1ccccc1-c1nc(Cn2nnc(C(=O)O)c2C)c(C)o1. The lowest BCUT2D eigenvalue weighted by Crippen LogP contribution is -2.07. The summed E-state index contributed by atoms with van der Waals surface area (Å²) in [6.07, 6.45) is 0. The maximum atomic E-state index is 11.1. The monoisotopic (exact) mass is 328 g/mol. The molecule has 0 saturated carbocycles. The van der Waals surface area contributed by atoms with Gasteiger partial charge in [0.1, 0.15) is 17.2 Å². The first-order valence-corrected chi connectivity index (χ1v) is 7.24. The number of methoxy groups -OCH3 is 1. The molecular weight excluding hydrogens is 312 g/mol. The molecule has 2 heterocycles. The van der Waals surface area contributed by atoms with E-state index in [0.29, 0.717) is 28.8 Å². The minimum Gasteiger partial charge on any atom is -0.496 e. The number of hydrogen-bond donors (Lipinski definition) is 1. The van der Waals surface area contributed by atoms with Crippen molar-refractivity contribution in [3.63, 3.8) is 0 Å². The van der Waals surface area contributed by atoms with Crippen LogP contribution in [0.2, 0.25) is 0 Å². The Balaban J connectivity index is 1.94. The summed E-state index contributed by atoms with van der Waals surface area (Å²) in [4.78, 5) is 15.5. The van der Waals surface area contributed by atoms with Crippen LogP contribution in [-0.4, -0.2) is 38.2 Å². The van der Waals surface area contributed by atoms with Gasteiger partial charge < -0.3 is 14.3 Å². The molecule has 0 bridgehead atoms. The number of aromatic carboxylic acids is 1. The summed E-state index contributed by atoms with van der Waals surface area (Å²) in [6.45, 7) is 3.72. The highest BCUT2D eigenvalue weighted by molar-refractivity contribution is 5.86. The number of aryl methyl sites for hydroxylation is 1. The number of hydrogen-bond acceptors (Lipinski definition) is 6. The second kappa shape index (κ2) is 6.15. The van der Waals surface area contributed by atoms with Crippen LogP contribution in [0.5, 0.6) is 5.75 Å². The molecule has 3 rings (SSSR count). The number of carbonyl (C=O) groups is 1. The molecule has 2 aromatic heterocycles. The van der Waals surface area contributed by atoms with Gasteiger partial charge in [-0.05, 0) is 26.0 Å². The summed E-state index contributed by atoms with van der Waals surface area (Å²) in [7, 11) is 1.59. The van der Waals surface area contributed by atoms with Crippen LogP contribution in [0.15, 0.2) is 28.7 Å². The summed E-state index contributed by atoms with van der Waals surface area (Å²) in [5.41, 5.74) is 1.79. The number of aromatic nitrogens is 4. The fourth-order valence-electron chi connectivity index (χ4n) is 2.36. The number of rotatable bonds is 5. The molecule has 0 amide bonds. The van der Waals surface area contributed by atoms with Crippen molar-refractivity contribution >= 4 is 5.97 Å². The number of oxazole rings is 1. The average Bonchev–Trinajstić information content (AvgIpc) is 3.11. The van der Waals surface area contributed by atoms with Gasteiger partial charge in [-0.2, -0.15) is 0 Å². The van der Waals surface area contributed by atoms with Gasteiger partial charge in [0.05, 0.1) is 24.9 Å². The van der Waals surface area contributed by atoms with E-state index in [9.17, 15) is 4.79 Å². The third-order valence-electron chi connectivity index (χ3n) is 3.71. The van der Waals surface area contributed by atoms with Crippen molar-refractivity contribution in [3.05, 3.63) is 47.1 Å². The van der Waals surface area contributed by atoms with Gasteiger partial charge in [0.2, 0.25) is 5.89 Å². The van der Waals surface area contributed by atoms with Crippen molar-refractivity contribution in [3.8, 4) is 17.2 Å². The largest absolute Gasteiger partial charge is 0.496 e. The lowest BCUT2D eigenvalue weighted by atomic mass is 10.2. The first-order valence-electron chi connectivity index (χ1n) is 7.24. The van der Waals surface area contributed by atoms with Crippen molar-refractivity contribution in [2.45, 2.75) is 20.4 Å². The third-order valence-corrected chi connectivity index (χ3v) is 3.71. The summed E-state index contributed by atoms with van der Waals surface area (Å²) in [5, 5.41) is 16.6. The zero-order chi connectivity index (χ0) is 17.3. The molecule has 24 heavy (non-hydrogen) atoms. The molecule has 0 fully saturated rings. The van der Waals surface area contributed by atoms with Crippen LogP contribution < -0.4 is 4.74 Å². The number of benzene rings is 1. The predicted molar refractivity (Wildman–Crippen MR) is 84.0 cm³/mol. The second-order valence-electron chi connectivity index (χ2n) is 5.21. The molecule has 0 aliphatic rings. The number of carboxylic acid groups (broad SMARTS) is 1. The Morgan fingerprint density at radius 2 is 2.08 bits per heavy atom. The van der Waals surface area contributed by atoms with E-state index in [0.717, 1.165) is 5.56 Å². The molecule has 0 spiro atoms. The van der Waals surface area contributed by atoms with Crippen LogP contribution in [0, 0.1) is 13.8 Å². The summed E-state index contributed by atoms with van der Waals surface area (Å²) in [5.74, 6) is 0.625. The molecule has 0 aliphatic carbocycles. The van der Waals surface area contributed by atoms with Gasteiger partial charge in [-0.1, -0.05) is 17.3 Å². The van der Waals surface area contributed by atoms with Crippen molar-refractivity contribution in [1.29, 1.82) is 0 Å². The third kappa shape index (κ3) is 2.73. The summed E-state index contributed by atoms with van der Waals surface area (Å²) in [6, 6.07) is 7.43. The molecule has 124 valence electrons. The quantitative estimate of drug-likeness (QED) is 0.766. The molecule has 0 radical (unpaired) electrons. The number of nitrogens with zero attached hydrogens (tertiary/aromatic N) is 4. The van der Waals surface area contributed by atoms with Crippen LogP contribution >= 0.6 is 0 Å². The molecule has 0 saturated heterocycles. The number of ether oxygens (including phenoxy) is 1. The first kappa shape index (κ1) is 15.7. The Bertz CT molecular complexity index is 897. The minimum atomic E-state index is -1.11. The standard InChI is InChI=1S/C16H16N4O4/c1-9-14(16(21)22)18-19-20(9)8-12-10(2)24-15(17-12)11-6-4-5-7-13(11)23-3/h4-7H,8H2,1-3H3,(H,21,22). The molecule has 3 aromatic rings. The van der Waals surface area contributed by atoms with Gasteiger partial charge >= 0.3 is 5.97 Å². The Kier molecular flexibility index (Phi) is 4.03. The Morgan fingerprint density at radius 3 is 2.75 bits per heavy atom. The molecule has 0 unspecified atom stereocenters. The Morgan fingerprint density at radius 1 is 1.33 bits per heavy atom. The number of para-hydroxylation sites is 1. The zero-order valence-corrected chi connectivity index (χ0v) is 13.5. The Hall–Kier alpha value is -3.16. The van der Waals surface area contributed by atoms with Gasteiger partial charge in [0.25, 0.3) is 0 Å². The molecular formula is C16H16N4O4. The van der Waals surface area contributed by atoms with Crippen LogP contribution in [-0.2, 0) is 6.54 Å². The van der Waals surface area contributed by atoms with Gasteiger partial charge in [0.15, 0.2) is 5.69 Å². The minimum absolute atomic E-state index is 0.0684. The lowest BCUT2D eigenvalue weighted by Gasteiger charge is -2.03. The van der Waals surface area contributed by atoms with E-state index in [1.807, 2.05) is 24.3 Å². The second-order valence-corrected chi connectivity index (χ2v) is 5.21. The highest BCUT2D eigenvalue weighted by Gasteiger charge is 2.19. The van der Waals surface area contributed by atoms with Crippen LogP contribution in [0.1, 0.15) is 27.6 Å². The fourth-order valence-corrected chi connectivity index (χ4v) is 2.36. The molecule has 0 aliphatic heterocycles. The first-order chi connectivity index (χ1) is 11.5. The number of carboxylic acids is 1. The van der Waals surface area contributed by atoms with Crippen LogP contribution in [0.25, 0.3) is 11.5 Å². The van der Waals surface area contributed by atoms with E-state index in [4.69, 9.17) is 14.3 Å². The van der Waals surface area contributed by atoms with Crippen molar-refractivity contribution < 1.29 is 19.1 Å². The summed E-state index contributed by atoms with van der Waals surface area (Å²) < 4.78 is 12.6. The maximum absolute atomic E-state index is 11.1. The molecule has 8 heteroatoms. The van der Waals surface area contributed by atoms with Gasteiger partial charge in [-0.25, -0.2) is 14.5 Å². The Labute approximate surface area is 137 Å². The summed E-state index contributed by atoms with van der Waals surface area (Å²) >= 11 is 0. The zero-order valence-electron chi connectivity index (χ0n) is 13.5. The van der Waals surface area contributed by atoms with Crippen molar-refractivity contribution in [1.82, 2.24) is 20.0 Å². The smallest absolute Gasteiger partial charge is 0.358 e. The van der Waals surface area contributed by atoms with Crippen LogP contribution in [0.3, 0.4) is 0 Å². The molecule has 0 atom stereocenters. The van der Waals surface area contributed by atoms with Gasteiger partial charge in [-0.3, -0.25) is 0 Å².